The zero-order valence-corrected chi connectivity index (χ0v) is 14.5. The molecule has 1 fully saturated rings. The molecule has 1 saturated heterocycles. The number of anilines is 2. The molecule has 3 N–H and O–H groups in total. The van der Waals surface area contributed by atoms with Crippen molar-refractivity contribution in [3.05, 3.63) is 36.7 Å². The van der Waals surface area contributed by atoms with E-state index in [4.69, 9.17) is 15.5 Å². The minimum absolute atomic E-state index is 0.232. The summed E-state index contributed by atoms with van der Waals surface area (Å²) in [5.41, 5.74) is 9.98. The number of aromatic nitrogens is 6. The predicted octanol–water partition coefficient (Wildman–Crippen LogP) is 1.91. The SMILES string of the molecule is Nc1nc(NC2CCOCC2)c2nc(-c3ccc4cnnn4c3)ccc2n1. The first-order valence-corrected chi connectivity index (χ1v) is 8.85. The molecule has 27 heavy (non-hydrogen) atoms. The molecule has 0 unspecified atom stereocenters. The Labute approximate surface area is 154 Å². The molecule has 1 aliphatic rings. The number of hydrogen-bond acceptors (Lipinski definition) is 8. The van der Waals surface area contributed by atoms with E-state index in [1.807, 2.05) is 30.5 Å². The highest BCUT2D eigenvalue weighted by atomic mass is 16.5. The van der Waals surface area contributed by atoms with Gasteiger partial charge in [0, 0.05) is 31.0 Å². The first-order valence-electron chi connectivity index (χ1n) is 8.85. The van der Waals surface area contributed by atoms with Crippen LogP contribution >= 0.6 is 0 Å². The Morgan fingerprint density at radius 3 is 2.85 bits per heavy atom. The minimum Gasteiger partial charge on any atom is -0.381 e. The highest BCUT2D eigenvalue weighted by Gasteiger charge is 2.17. The van der Waals surface area contributed by atoms with Crippen LogP contribution in [0.5, 0.6) is 0 Å². The molecule has 9 nitrogen and oxygen atoms in total. The second-order valence-corrected chi connectivity index (χ2v) is 6.55. The largest absolute Gasteiger partial charge is 0.381 e. The van der Waals surface area contributed by atoms with E-state index < -0.39 is 0 Å². The highest BCUT2D eigenvalue weighted by Crippen LogP contribution is 2.26. The van der Waals surface area contributed by atoms with Gasteiger partial charge in [-0.25, -0.2) is 14.5 Å². The molecule has 4 aromatic heterocycles. The standard InChI is InChI=1S/C18H18N8O/c19-18-23-15-4-3-14(11-1-2-13-9-20-25-26(13)10-11)22-16(15)17(24-18)21-12-5-7-27-8-6-12/h1-4,9-10,12H,5-8H2,(H3,19,21,23,24). The molecule has 0 spiro atoms. The number of nitrogens with zero attached hydrogens (tertiary/aromatic N) is 6. The van der Waals surface area contributed by atoms with Crippen LogP contribution in [0, 0.1) is 0 Å². The number of fused-ring (bicyclic) bond motifs is 2. The van der Waals surface area contributed by atoms with Crippen LogP contribution in [0.2, 0.25) is 0 Å². The third kappa shape index (κ3) is 3.02. The smallest absolute Gasteiger partial charge is 0.222 e. The fourth-order valence-electron chi connectivity index (χ4n) is 3.30. The van der Waals surface area contributed by atoms with Gasteiger partial charge in [0.1, 0.15) is 5.52 Å². The molecule has 0 bridgehead atoms. The predicted molar refractivity (Wildman–Crippen MR) is 101 cm³/mol. The lowest BCUT2D eigenvalue weighted by Crippen LogP contribution is -2.28. The third-order valence-electron chi connectivity index (χ3n) is 4.72. The van der Waals surface area contributed by atoms with Crippen molar-refractivity contribution in [1.82, 2.24) is 29.8 Å². The molecule has 0 amide bonds. The van der Waals surface area contributed by atoms with Crippen molar-refractivity contribution >= 4 is 28.3 Å². The van der Waals surface area contributed by atoms with Gasteiger partial charge in [0.15, 0.2) is 5.82 Å². The van der Waals surface area contributed by atoms with Gasteiger partial charge < -0.3 is 15.8 Å². The zero-order chi connectivity index (χ0) is 18.2. The molecule has 0 aromatic carbocycles. The van der Waals surface area contributed by atoms with E-state index in [-0.39, 0.29) is 12.0 Å². The van der Waals surface area contributed by atoms with Crippen molar-refractivity contribution in [3.63, 3.8) is 0 Å². The first-order chi connectivity index (χ1) is 13.3. The second kappa shape index (κ2) is 6.44. The van der Waals surface area contributed by atoms with Crippen molar-refractivity contribution in [2.75, 3.05) is 24.3 Å². The molecule has 4 aromatic rings. The molecule has 0 saturated carbocycles. The van der Waals surface area contributed by atoms with Crippen LogP contribution in [0.25, 0.3) is 27.8 Å². The molecule has 9 heteroatoms. The van der Waals surface area contributed by atoms with Crippen molar-refractivity contribution in [2.45, 2.75) is 18.9 Å². The fourth-order valence-corrected chi connectivity index (χ4v) is 3.30. The van der Waals surface area contributed by atoms with Crippen LogP contribution < -0.4 is 11.1 Å². The molecule has 136 valence electrons. The molecular weight excluding hydrogens is 344 g/mol. The van der Waals surface area contributed by atoms with Crippen LogP contribution in [0.1, 0.15) is 12.8 Å². The van der Waals surface area contributed by atoms with Crippen LogP contribution in [0.4, 0.5) is 11.8 Å². The normalized spacial score (nSPS) is 15.4. The number of nitrogen functional groups attached to an aromatic ring is 1. The summed E-state index contributed by atoms with van der Waals surface area (Å²) in [6, 6.07) is 8.08. The van der Waals surface area contributed by atoms with Gasteiger partial charge in [0.25, 0.3) is 0 Å². The van der Waals surface area contributed by atoms with Crippen LogP contribution in [0.3, 0.4) is 0 Å². The summed E-state index contributed by atoms with van der Waals surface area (Å²) in [4.78, 5) is 13.5. The lowest BCUT2D eigenvalue weighted by Gasteiger charge is -2.24. The summed E-state index contributed by atoms with van der Waals surface area (Å²) in [6.07, 6.45) is 5.46. The average Bonchev–Trinajstić information content (AvgIpc) is 3.16. The summed E-state index contributed by atoms with van der Waals surface area (Å²) in [6.45, 7) is 1.49. The molecule has 0 aliphatic carbocycles. The minimum atomic E-state index is 0.232. The number of ether oxygens (including phenoxy) is 1. The van der Waals surface area contributed by atoms with Gasteiger partial charge in [0.2, 0.25) is 5.95 Å². The summed E-state index contributed by atoms with van der Waals surface area (Å²) in [5.74, 6) is 0.892. The van der Waals surface area contributed by atoms with Crippen molar-refractivity contribution in [2.24, 2.45) is 0 Å². The summed E-state index contributed by atoms with van der Waals surface area (Å²) in [7, 11) is 0. The number of rotatable bonds is 3. The molecule has 1 aliphatic heterocycles. The number of pyridine rings is 2. The maximum atomic E-state index is 5.90. The third-order valence-corrected chi connectivity index (χ3v) is 4.72. The first kappa shape index (κ1) is 15.9. The van der Waals surface area contributed by atoms with Gasteiger partial charge in [-0.15, -0.1) is 5.10 Å². The molecule has 0 radical (unpaired) electrons. The van der Waals surface area contributed by atoms with Crippen LogP contribution in [0.15, 0.2) is 36.7 Å². The Morgan fingerprint density at radius 2 is 1.96 bits per heavy atom. The quantitative estimate of drug-likeness (QED) is 0.568. The maximum Gasteiger partial charge on any atom is 0.222 e. The summed E-state index contributed by atoms with van der Waals surface area (Å²) >= 11 is 0. The molecular formula is C18H18N8O. The Hall–Kier alpha value is -3.33. The van der Waals surface area contributed by atoms with E-state index in [2.05, 4.69) is 25.6 Å². The Bertz CT molecular complexity index is 1120. The second-order valence-electron chi connectivity index (χ2n) is 6.55. The van der Waals surface area contributed by atoms with Crippen LogP contribution in [-0.4, -0.2) is 49.0 Å². The van der Waals surface area contributed by atoms with E-state index in [1.54, 1.807) is 10.7 Å². The highest BCUT2D eigenvalue weighted by molar-refractivity contribution is 5.88. The van der Waals surface area contributed by atoms with Gasteiger partial charge >= 0.3 is 0 Å². The maximum absolute atomic E-state index is 5.90. The summed E-state index contributed by atoms with van der Waals surface area (Å²) in [5, 5.41) is 11.4. The molecule has 0 atom stereocenters. The lowest BCUT2D eigenvalue weighted by atomic mass is 10.1. The van der Waals surface area contributed by atoms with E-state index in [0.717, 1.165) is 42.8 Å². The molecule has 5 heterocycles. The number of hydrogen-bond donors (Lipinski definition) is 2. The van der Waals surface area contributed by atoms with Gasteiger partial charge in [-0.3, -0.25) is 0 Å². The Balaban J connectivity index is 1.58. The Morgan fingerprint density at radius 1 is 1.07 bits per heavy atom. The zero-order valence-electron chi connectivity index (χ0n) is 14.5. The topological polar surface area (TPSA) is 116 Å². The lowest BCUT2D eigenvalue weighted by molar-refractivity contribution is 0.0904. The monoisotopic (exact) mass is 362 g/mol. The van der Waals surface area contributed by atoms with Gasteiger partial charge in [-0.2, -0.15) is 4.98 Å². The number of nitrogens with one attached hydrogen (secondary N) is 1. The van der Waals surface area contributed by atoms with Crippen LogP contribution in [-0.2, 0) is 4.74 Å². The summed E-state index contributed by atoms with van der Waals surface area (Å²) < 4.78 is 7.15. The van der Waals surface area contributed by atoms with Gasteiger partial charge in [-0.1, -0.05) is 5.21 Å². The van der Waals surface area contributed by atoms with Crippen molar-refractivity contribution < 1.29 is 4.74 Å². The van der Waals surface area contributed by atoms with E-state index >= 15 is 0 Å². The Kier molecular flexibility index (Phi) is 3.79. The van der Waals surface area contributed by atoms with Crippen molar-refractivity contribution in [1.29, 1.82) is 0 Å². The molecule has 5 rings (SSSR count). The van der Waals surface area contributed by atoms with Gasteiger partial charge in [-0.05, 0) is 37.1 Å². The fraction of sp³-hybridized carbons (Fsp3) is 0.278. The van der Waals surface area contributed by atoms with E-state index in [9.17, 15) is 0 Å². The van der Waals surface area contributed by atoms with E-state index in [1.165, 1.54) is 0 Å². The van der Waals surface area contributed by atoms with Crippen molar-refractivity contribution in [3.8, 4) is 11.3 Å². The number of nitrogens with two attached hydrogens (primary N) is 1. The van der Waals surface area contributed by atoms with E-state index in [0.29, 0.717) is 16.9 Å². The van der Waals surface area contributed by atoms with Gasteiger partial charge in [0.05, 0.1) is 22.9 Å². The average molecular weight is 362 g/mol.